The number of nitrogens with one attached hydrogen (secondary N) is 5. The van der Waals surface area contributed by atoms with Crippen LogP contribution in [0.5, 0.6) is 0 Å². The number of urea groups is 1. The first-order valence-electron chi connectivity index (χ1n) is 17.7. The summed E-state index contributed by atoms with van der Waals surface area (Å²) in [5.41, 5.74) is -0.257. The molecule has 1 aliphatic carbocycles. The molecule has 1 unspecified atom stereocenters. The monoisotopic (exact) mass is 706 g/mol. The molecule has 49 heavy (non-hydrogen) atoms. The van der Waals surface area contributed by atoms with Crippen LogP contribution in [0.1, 0.15) is 93.4 Å². The van der Waals surface area contributed by atoms with E-state index in [1.54, 1.807) is 0 Å². The zero-order valence-corrected chi connectivity index (χ0v) is 31.6. The van der Waals surface area contributed by atoms with Gasteiger partial charge in [-0.1, -0.05) is 79.0 Å². The van der Waals surface area contributed by atoms with Crippen molar-refractivity contribution in [2.24, 2.45) is 22.7 Å². The summed E-state index contributed by atoms with van der Waals surface area (Å²) >= 11 is 0.831. The van der Waals surface area contributed by atoms with Crippen molar-refractivity contribution >= 4 is 41.6 Å². The van der Waals surface area contributed by atoms with Crippen LogP contribution in [-0.4, -0.2) is 95.1 Å². The Hall–Kier alpha value is -2.90. The molecule has 1 saturated heterocycles. The molecule has 13 heteroatoms. The Kier molecular flexibility index (Phi) is 16.8. The summed E-state index contributed by atoms with van der Waals surface area (Å²) in [4.78, 5) is 69.3. The number of ketones is 1. The smallest absolute Gasteiger partial charge is 0.315 e. The highest BCUT2D eigenvalue weighted by molar-refractivity contribution is 7.93. The molecule has 2 rings (SSSR count). The minimum atomic E-state index is -1.02. The fourth-order valence-electron chi connectivity index (χ4n) is 6.22. The molecule has 5 amide bonds. The maximum atomic E-state index is 14.4. The minimum Gasteiger partial charge on any atom is -0.346 e. The third-order valence-electron chi connectivity index (χ3n) is 9.57. The molecule has 2 aliphatic rings. The number of unbranched alkanes of at least 4 members (excludes halogenated alkanes) is 1. The van der Waals surface area contributed by atoms with Crippen molar-refractivity contribution in [2.45, 2.75) is 118 Å². The Labute approximate surface area is 298 Å². The summed E-state index contributed by atoms with van der Waals surface area (Å²) < 4.78 is 8.93. The summed E-state index contributed by atoms with van der Waals surface area (Å²) in [6.45, 7) is 22.8. The lowest BCUT2D eigenvalue weighted by molar-refractivity contribution is -0.144. The molecule has 0 radical (unpaired) electrons. The van der Waals surface area contributed by atoms with Gasteiger partial charge in [-0.3, -0.25) is 19.2 Å². The zero-order valence-electron chi connectivity index (χ0n) is 30.8. The maximum absolute atomic E-state index is 14.4. The topological polar surface area (TPSA) is 169 Å². The predicted molar refractivity (Wildman–Crippen MR) is 196 cm³/mol. The minimum absolute atomic E-state index is 0.129. The zero-order chi connectivity index (χ0) is 36.9. The average Bonchev–Trinajstić information content (AvgIpc) is 3.45. The van der Waals surface area contributed by atoms with E-state index in [-0.39, 0.29) is 36.4 Å². The summed E-state index contributed by atoms with van der Waals surface area (Å²) in [7, 11) is 0. The van der Waals surface area contributed by atoms with Crippen LogP contribution >= 0.6 is 12.0 Å². The molecule has 0 bridgehead atoms. The SMILES string of the molecule is C=CCNC(=O)C(=O)C(CC1CCC1)NC(=O)[C@@H]1[C@@H](C(=C)C)CCN1C(=O)[C@@H](NC(=O)N[C@H](CNCCCCSO)C(C)(C)C)C(C)(C)C. The first kappa shape index (κ1) is 42.3. The maximum Gasteiger partial charge on any atom is 0.315 e. The van der Waals surface area contributed by atoms with E-state index in [0.29, 0.717) is 25.1 Å². The highest BCUT2D eigenvalue weighted by Crippen LogP contribution is 2.34. The van der Waals surface area contributed by atoms with Crippen LogP contribution in [0.15, 0.2) is 24.8 Å². The molecule has 5 atom stereocenters. The standard InChI is InChI=1S/C36H62N6O6S/c1-10-17-38-32(45)29(43)26(21-24-14-13-15-24)39-31(44)28-25(23(2)3)16-19-42(28)33(46)30(36(7,8)9)41-34(47)40-27(35(4,5)6)22-37-18-11-12-20-49-48/h10,24-28,30,37,48H,1-2,11-22H2,3-9H3,(H,38,45)(H,39,44)(H2,40,41,47)/t25-,26?,27-,28+,30-/m1/s1. The van der Waals surface area contributed by atoms with Crippen LogP contribution in [0.2, 0.25) is 0 Å². The lowest BCUT2D eigenvalue weighted by Gasteiger charge is -2.38. The lowest BCUT2D eigenvalue weighted by Crippen LogP contribution is -2.62. The van der Waals surface area contributed by atoms with Gasteiger partial charge in [-0.25, -0.2) is 4.79 Å². The molecule has 0 aromatic heterocycles. The fourth-order valence-corrected chi connectivity index (χ4v) is 6.56. The first-order valence-corrected chi connectivity index (χ1v) is 18.6. The van der Waals surface area contributed by atoms with Gasteiger partial charge in [0.2, 0.25) is 17.6 Å². The van der Waals surface area contributed by atoms with Crippen molar-refractivity contribution in [3.8, 4) is 0 Å². The Morgan fingerprint density at radius 2 is 1.65 bits per heavy atom. The molecule has 12 nitrogen and oxygen atoms in total. The van der Waals surface area contributed by atoms with Gasteiger partial charge in [-0.2, -0.15) is 0 Å². The van der Waals surface area contributed by atoms with Gasteiger partial charge in [0.1, 0.15) is 12.1 Å². The number of amides is 5. The molecule has 278 valence electrons. The number of likely N-dealkylation sites (tertiary alicyclic amines) is 1. The Bertz CT molecular complexity index is 1180. The van der Waals surface area contributed by atoms with E-state index in [9.17, 15) is 24.0 Å². The third-order valence-corrected chi connectivity index (χ3v) is 10.0. The molecule has 1 aliphatic heterocycles. The number of rotatable bonds is 19. The number of carbonyl (C=O) groups is 5. The van der Waals surface area contributed by atoms with Gasteiger partial charge < -0.3 is 36.0 Å². The number of hydrogen-bond donors (Lipinski definition) is 6. The lowest BCUT2D eigenvalue weighted by atomic mass is 9.80. The van der Waals surface area contributed by atoms with E-state index in [0.717, 1.165) is 56.3 Å². The van der Waals surface area contributed by atoms with E-state index < -0.39 is 53.1 Å². The van der Waals surface area contributed by atoms with Crippen molar-refractivity contribution < 1.29 is 28.5 Å². The Balaban J connectivity index is 2.26. The summed E-state index contributed by atoms with van der Waals surface area (Å²) in [6.07, 6.45) is 6.98. The van der Waals surface area contributed by atoms with Crippen molar-refractivity contribution in [1.82, 2.24) is 31.5 Å². The van der Waals surface area contributed by atoms with Crippen LogP contribution in [0.3, 0.4) is 0 Å². The van der Waals surface area contributed by atoms with Crippen molar-refractivity contribution in [1.29, 1.82) is 0 Å². The molecule has 0 aromatic rings. The number of Topliss-reactive ketones (excluding diaryl/α,β-unsaturated/α-hetero) is 1. The average molecular weight is 707 g/mol. The molecule has 0 spiro atoms. The van der Waals surface area contributed by atoms with Gasteiger partial charge in [0, 0.05) is 37.3 Å². The second-order valence-corrected chi connectivity index (χ2v) is 16.4. The molecular formula is C36H62N6O6S. The van der Waals surface area contributed by atoms with Crippen molar-refractivity contribution in [2.75, 3.05) is 31.9 Å². The van der Waals surface area contributed by atoms with E-state index in [1.165, 1.54) is 11.0 Å². The molecule has 6 N–H and O–H groups in total. The fraction of sp³-hybridized carbons (Fsp3) is 0.750. The van der Waals surface area contributed by atoms with E-state index in [4.69, 9.17) is 4.55 Å². The van der Waals surface area contributed by atoms with Gasteiger partial charge in [0.25, 0.3) is 5.91 Å². The largest absolute Gasteiger partial charge is 0.346 e. The van der Waals surface area contributed by atoms with Crippen LogP contribution in [0.4, 0.5) is 4.79 Å². The summed E-state index contributed by atoms with van der Waals surface area (Å²) in [5.74, 6) is -1.88. The number of nitrogens with zero attached hydrogens (tertiary/aromatic N) is 1. The molecule has 1 heterocycles. The summed E-state index contributed by atoms with van der Waals surface area (Å²) in [6, 6.07) is -3.68. The first-order chi connectivity index (χ1) is 22.9. The second kappa shape index (κ2) is 19.5. The number of carbonyl (C=O) groups excluding carboxylic acids is 5. The van der Waals surface area contributed by atoms with E-state index >= 15 is 0 Å². The van der Waals surface area contributed by atoms with Gasteiger partial charge >= 0.3 is 6.03 Å². The van der Waals surface area contributed by atoms with Gasteiger partial charge in [-0.15, -0.1) is 6.58 Å². The molecule has 0 aromatic carbocycles. The van der Waals surface area contributed by atoms with Gasteiger partial charge in [0.05, 0.1) is 6.04 Å². The highest BCUT2D eigenvalue weighted by atomic mass is 32.2. The second-order valence-electron chi connectivity index (χ2n) is 15.8. The van der Waals surface area contributed by atoms with Gasteiger partial charge in [0.15, 0.2) is 0 Å². The predicted octanol–water partition coefficient (Wildman–Crippen LogP) is 4.03. The number of hydrogen-bond acceptors (Lipinski definition) is 8. The third kappa shape index (κ3) is 13.1. The van der Waals surface area contributed by atoms with Crippen LogP contribution < -0.4 is 26.6 Å². The Morgan fingerprint density at radius 1 is 0.980 bits per heavy atom. The quantitative estimate of drug-likeness (QED) is 0.0507. The van der Waals surface area contributed by atoms with Crippen molar-refractivity contribution in [3.05, 3.63) is 24.8 Å². The Morgan fingerprint density at radius 3 is 2.18 bits per heavy atom. The molecular weight excluding hydrogens is 644 g/mol. The van der Waals surface area contributed by atoms with Crippen molar-refractivity contribution in [3.63, 3.8) is 0 Å². The van der Waals surface area contributed by atoms with Gasteiger partial charge in [-0.05, 0) is 67.9 Å². The van der Waals surface area contributed by atoms with Crippen LogP contribution in [0, 0.1) is 22.7 Å². The van der Waals surface area contributed by atoms with Crippen LogP contribution in [-0.2, 0) is 19.2 Å². The van der Waals surface area contributed by atoms with Crippen LogP contribution in [0.25, 0.3) is 0 Å². The van der Waals surface area contributed by atoms with E-state index in [1.807, 2.05) is 48.5 Å². The normalized spacial score (nSPS) is 20.0. The summed E-state index contributed by atoms with van der Waals surface area (Å²) in [5, 5.41) is 14.7. The molecule has 1 saturated carbocycles. The highest BCUT2D eigenvalue weighted by Gasteiger charge is 2.47. The molecule has 2 fully saturated rings. The van der Waals surface area contributed by atoms with E-state index in [2.05, 4.69) is 39.7 Å².